The molecule has 3 fully saturated rings. The zero-order valence-corrected chi connectivity index (χ0v) is 13.3. The van der Waals surface area contributed by atoms with E-state index in [4.69, 9.17) is 0 Å². The zero-order chi connectivity index (χ0) is 14.8. The summed E-state index contributed by atoms with van der Waals surface area (Å²) in [5.74, 6) is 3.91. The van der Waals surface area contributed by atoms with Gasteiger partial charge in [-0.2, -0.15) is 0 Å². The Morgan fingerprint density at radius 1 is 1.05 bits per heavy atom. The largest absolute Gasteiger partial charge is 0.390 e. The molecule has 2 nitrogen and oxygen atoms in total. The third-order valence-corrected chi connectivity index (χ3v) is 7.51. The molecular weight excluding hydrogens is 260 g/mol. The van der Waals surface area contributed by atoms with Gasteiger partial charge in [-0.05, 0) is 87.5 Å². The van der Waals surface area contributed by atoms with Crippen molar-refractivity contribution in [3.63, 3.8) is 0 Å². The van der Waals surface area contributed by atoms with Crippen LogP contribution in [0.25, 0.3) is 0 Å². The molecule has 1 N–H and O–H groups in total. The first-order chi connectivity index (χ1) is 9.91. The summed E-state index contributed by atoms with van der Waals surface area (Å²) >= 11 is 0. The summed E-state index contributed by atoms with van der Waals surface area (Å²) in [4.78, 5) is 12.3. The minimum absolute atomic E-state index is 0.0891. The molecule has 0 aromatic heterocycles. The van der Waals surface area contributed by atoms with Crippen molar-refractivity contribution in [2.24, 2.45) is 35.0 Å². The Morgan fingerprint density at radius 3 is 2.62 bits per heavy atom. The predicted molar refractivity (Wildman–Crippen MR) is 82.6 cm³/mol. The Morgan fingerprint density at radius 2 is 1.81 bits per heavy atom. The quantitative estimate of drug-likeness (QED) is 0.737. The minimum atomic E-state index is -0.430. The van der Waals surface area contributed by atoms with Crippen molar-refractivity contribution in [1.82, 2.24) is 0 Å². The van der Waals surface area contributed by atoms with Gasteiger partial charge in [0.25, 0.3) is 0 Å². The number of carbonyl (C=O) groups is 1. The van der Waals surface area contributed by atoms with Gasteiger partial charge < -0.3 is 5.11 Å². The highest BCUT2D eigenvalue weighted by Crippen LogP contribution is 2.60. The summed E-state index contributed by atoms with van der Waals surface area (Å²) in [5, 5.41) is 10.4. The lowest BCUT2D eigenvalue weighted by atomic mass is 9.50. The van der Waals surface area contributed by atoms with Crippen molar-refractivity contribution >= 4 is 5.78 Å². The molecule has 0 aromatic rings. The molecule has 4 aliphatic carbocycles. The highest BCUT2D eigenvalue weighted by molar-refractivity contribution is 5.97. The molecule has 0 amide bonds. The molecule has 4 aliphatic rings. The summed E-state index contributed by atoms with van der Waals surface area (Å²) in [7, 11) is 0. The molecule has 3 saturated carbocycles. The monoisotopic (exact) mass is 288 g/mol. The van der Waals surface area contributed by atoms with Crippen LogP contribution in [0.15, 0.2) is 12.2 Å². The molecule has 0 aromatic carbocycles. The van der Waals surface area contributed by atoms with Crippen LogP contribution in [0.4, 0.5) is 0 Å². The van der Waals surface area contributed by atoms with Crippen LogP contribution in [0.5, 0.6) is 0 Å². The summed E-state index contributed by atoms with van der Waals surface area (Å²) in [6, 6.07) is 0. The molecule has 0 heterocycles. The second kappa shape index (κ2) is 4.44. The van der Waals surface area contributed by atoms with Crippen LogP contribution in [0.1, 0.15) is 58.8 Å². The van der Waals surface area contributed by atoms with E-state index in [9.17, 15) is 9.90 Å². The highest BCUT2D eigenvalue weighted by Gasteiger charge is 2.55. The fourth-order valence-corrected chi connectivity index (χ4v) is 6.35. The molecule has 0 radical (unpaired) electrons. The van der Waals surface area contributed by atoms with E-state index in [-0.39, 0.29) is 5.41 Å². The predicted octanol–water partition coefficient (Wildman–Crippen LogP) is 3.74. The topological polar surface area (TPSA) is 37.3 Å². The third kappa shape index (κ3) is 1.98. The van der Waals surface area contributed by atoms with Gasteiger partial charge in [0.1, 0.15) is 0 Å². The Balaban J connectivity index is 1.58. The SMILES string of the molecule is C[C@@]1(O)CC[C@H]2[C@@H](CC[C@@H]3[C@@H]2CC[C@]2(C)C(=O)C=C[C@@H]32)C1. The normalized spacial score (nSPS) is 55.8. The molecule has 0 unspecified atom stereocenters. The van der Waals surface area contributed by atoms with E-state index < -0.39 is 5.60 Å². The van der Waals surface area contributed by atoms with Crippen molar-refractivity contribution in [1.29, 1.82) is 0 Å². The molecule has 21 heavy (non-hydrogen) atoms. The van der Waals surface area contributed by atoms with E-state index in [1.165, 1.54) is 25.7 Å². The van der Waals surface area contributed by atoms with E-state index in [2.05, 4.69) is 13.0 Å². The average molecular weight is 288 g/mol. The Hall–Kier alpha value is -0.630. The molecule has 116 valence electrons. The number of aliphatic hydroxyl groups is 1. The van der Waals surface area contributed by atoms with Crippen molar-refractivity contribution in [2.45, 2.75) is 64.4 Å². The van der Waals surface area contributed by atoms with E-state index in [0.29, 0.717) is 11.7 Å². The number of hydrogen-bond donors (Lipinski definition) is 1. The number of ketones is 1. The molecular formula is C19H28O2. The smallest absolute Gasteiger partial charge is 0.161 e. The van der Waals surface area contributed by atoms with Crippen LogP contribution in [-0.2, 0) is 4.79 Å². The number of allylic oxidation sites excluding steroid dienone is 2. The van der Waals surface area contributed by atoms with Crippen molar-refractivity contribution < 1.29 is 9.90 Å². The maximum absolute atomic E-state index is 12.3. The molecule has 0 bridgehead atoms. The van der Waals surface area contributed by atoms with Crippen LogP contribution in [0, 0.1) is 35.0 Å². The molecule has 4 rings (SSSR count). The Labute approximate surface area is 128 Å². The fourth-order valence-electron chi connectivity index (χ4n) is 6.35. The second-order valence-electron chi connectivity index (χ2n) is 8.77. The van der Waals surface area contributed by atoms with Gasteiger partial charge in [0.15, 0.2) is 5.78 Å². The van der Waals surface area contributed by atoms with Crippen LogP contribution < -0.4 is 0 Å². The number of carbonyl (C=O) groups excluding carboxylic acids is 1. The summed E-state index contributed by atoms with van der Waals surface area (Å²) in [6.45, 7) is 4.22. The zero-order valence-electron chi connectivity index (χ0n) is 13.3. The summed E-state index contributed by atoms with van der Waals surface area (Å²) in [5.41, 5.74) is -0.519. The first-order valence-electron chi connectivity index (χ1n) is 8.86. The van der Waals surface area contributed by atoms with E-state index in [1.54, 1.807) is 0 Å². The van der Waals surface area contributed by atoms with Gasteiger partial charge in [-0.3, -0.25) is 4.79 Å². The molecule has 0 aliphatic heterocycles. The van der Waals surface area contributed by atoms with Crippen LogP contribution in [0.2, 0.25) is 0 Å². The molecule has 2 heteroatoms. The van der Waals surface area contributed by atoms with Crippen LogP contribution >= 0.6 is 0 Å². The number of rotatable bonds is 0. The standard InChI is InChI=1S/C19H28O2/c1-18(21)9-7-13-12(11-18)3-4-15-14(13)8-10-19(2)16(15)5-6-17(19)20/h5-6,12-16,21H,3-4,7-11H2,1-2H3/t12-,13-,14+,15+,16-,18+,19-/m0/s1. The molecule has 7 atom stereocenters. The lowest BCUT2D eigenvalue weighted by Crippen LogP contribution is -2.50. The van der Waals surface area contributed by atoms with Crippen molar-refractivity contribution in [3.05, 3.63) is 12.2 Å². The Kier molecular flexibility index (Phi) is 2.96. The third-order valence-electron chi connectivity index (χ3n) is 7.51. The second-order valence-corrected chi connectivity index (χ2v) is 8.77. The highest BCUT2D eigenvalue weighted by atomic mass is 16.3. The van der Waals surface area contributed by atoms with E-state index >= 15 is 0 Å². The lowest BCUT2D eigenvalue weighted by Gasteiger charge is -2.55. The first-order valence-corrected chi connectivity index (χ1v) is 8.86. The fraction of sp³-hybridized carbons (Fsp3) is 0.842. The van der Waals surface area contributed by atoms with E-state index in [0.717, 1.165) is 42.9 Å². The van der Waals surface area contributed by atoms with Gasteiger partial charge >= 0.3 is 0 Å². The number of hydrogen-bond acceptors (Lipinski definition) is 2. The maximum atomic E-state index is 12.3. The van der Waals surface area contributed by atoms with Gasteiger partial charge in [0.2, 0.25) is 0 Å². The average Bonchev–Trinajstić information content (AvgIpc) is 2.73. The lowest BCUT2D eigenvalue weighted by molar-refractivity contribution is -0.132. The minimum Gasteiger partial charge on any atom is -0.390 e. The summed E-state index contributed by atoms with van der Waals surface area (Å²) in [6.07, 6.45) is 12.1. The van der Waals surface area contributed by atoms with Crippen molar-refractivity contribution in [3.8, 4) is 0 Å². The van der Waals surface area contributed by atoms with Gasteiger partial charge in [-0.1, -0.05) is 13.0 Å². The van der Waals surface area contributed by atoms with E-state index in [1.807, 2.05) is 13.0 Å². The van der Waals surface area contributed by atoms with Gasteiger partial charge in [-0.15, -0.1) is 0 Å². The molecule has 0 saturated heterocycles. The maximum Gasteiger partial charge on any atom is 0.161 e. The van der Waals surface area contributed by atoms with Gasteiger partial charge in [0.05, 0.1) is 5.60 Å². The van der Waals surface area contributed by atoms with Gasteiger partial charge in [0, 0.05) is 5.41 Å². The van der Waals surface area contributed by atoms with Crippen LogP contribution in [-0.4, -0.2) is 16.5 Å². The number of fused-ring (bicyclic) bond motifs is 5. The van der Waals surface area contributed by atoms with Crippen LogP contribution in [0.3, 0.4) is 0 Å². The Bertz CT molecular complexity index is 492. The first kappa shape index (κ1) is 14.0. The van der Waals surface area contributed by atoms with Crippen molar-refractivity contribution in [2.75, 3.05) is 0 Å². The van der Waals surface area contributed by atoms with Gasteiger partial charge in [-0.25, -0.2) is 0 Å². The summed E-state index contributed by atoms with van der Waals surface area (Å²) < 4.78 is 0. The molecule has 0 spiro atoms.